The summed E-state index contributed by atoms with van der Waals surface area (Å²) in [6, 6.07) is 5.47. The topological polar surface area (TPSA) is 38.3 Å². The molecule has 1 N–H and O–H groups in total. The van der Waals surface area contributed by atoms with Gasteiger partial charge in [-0.2, -0.15) is 0 Å². The highest BCUT2D eigenvalue weighted by Crippen LogP contribution is 2.23. The summed E-state index contributed by atoms with van der Waals surface area (Å²) in [5.74, 6) is 0.829. The zero-order valence-corrected chi connectivity index (χ0v) is 13.8. The molecule has 0 bridgehead atoms. The van der Waals surface area contributed by atoms with Crippen molar-refractivity contribution in [3.05, 3.63) is 28.2 Å². The third-order valence-corrected chi connectivity index (χ3v) is 4.38. The van der Waals surface area contributed by atoms with E-state index in [1.807, 2.05) is 13.0 Å². The molecule has 2 unspecified atom stereocenters. The monoisotopic (exact) mass is 377 g/mol. The highest BCUT2D eigenvalue weighted by atomic mass is 79.9. The van der Waals surface area contributed by atoms with E-state index >= 15 is 0 Å². The summed E-state index contributed by atoms with van der Waals surface area (Å²) in [5.41, 5.74) is 0.550. The van der Waals surface area contributed by atoms with Crippen molar-refractivity contribution >= 4 is 37.8 Å². The second-order valence-corrected chi connectivity index (χ2v) is 5.80. The van der Waals surface area contributed by atoms with Crippen LogP contribution in [0.3, 0.4) is 0 Å². The first-order chi connectivity index (χ1) is 8.49. The number of carbonyl (C=O) groups excluding carboxylic acids is 1. The number of methoxy groups -OCH3 is 1. The molecule has 2 atom stereocenters. The molecule has 1 amide bonds. The number of hydrogen-bond acceptors (Lipinski definition) is 2. The summed E-state index contributed by atoms with van der Waals surface area (Å²) >= 11 is 6.77. The van der Waals surface area contributed by atoms with Crippen LogP contribution in [-0.4, -0.2) is 24.4 Å². The molecule has 0 spiro atoms. The number of carbonyl (C=O) groups is 1. The van der Waals surface area contributed by atoms with E-state index in [-0.39, 0.29) is 11.9 Å². The first kappa shape index (κ1) is 15.5. The van der Waals surface area contributed by atoms with Gasteiger partial charge in [-0.1, -0.05) is 38.8 Å². The third-order valence-electron chi connectivity index (χ3n) is 2.86. The van der Waals surface area contributed by atoms with Gasteiger partial charge in [0.2, 0.25) is 0 Å². The fourth-order valence-corrected chi connectivity index (χ4v) is 2.31. The molecule has 0 aliphatic carbocycles. The van der Waals surface area contributed by atoms with E-state index in [1.165, 1.54) is 0 Å². The molecule has 0 heterocycles. The van der Waals surface area contributed by atoms with Crippen LogP contribution in [0.5, 0.6) is 5.75 Å². The highest BCUT2D eigenvalue weighted by Gasteiger charge is 2.17. The van der Waals surface area contributed by atoms with Gasteiger partial charge in [-0.15, -0.1) is 0 Å². The minimum absolute atomic E-state index is 0.102. The van der Waals surface area contributed by atoms with Crippen LogP contribution < -0.4 is 10.1 Å². The lowest BCUT2D eigenvalue weighted by atomic mass is 10.1. The van der Waals surface area contributed by atoms with Crippen LogP contribution in [0.1, 0.15) is 24.2 Å². The van der Waals surface area contributed by atoms with Gasteiger partial charge >= 0.3 is 0 Å². The van der Waals surface area contributed by atoms with Crippen molar-refractivity contribution in [2.24, 2.45) is 5.92 Å². The van der Waals surface area contributed by atoms with Gasteiger partial charge in [0.05, 0.1) is 12.7 Å². The predicted octanol–water partition coefficient (Wildman–Crippen LogP) is 3.61. The van der Waals surface area contributed by atoms with Crippen molar-refractivity contribution in [1.29, 1.82) is 0 Å². The first-order valence-electron chi connectivity index (χ1n) is 5.70. The maximum atomic E-state index is 12.1. The molecule has 0 saturated heterocycles. The summed E-state index contributed by atoms with van der Waals surface area (Å²) in [7, 11) is 1.56. The predicted molar refractivity (Wildman–Crippen MR) is 80.6 cm³/mol. The van der Waals surface area contributed by atoms with E-state index in [1.54, 1.807) is 19.2 Å². The van der Waals surface area contributed by atoms with Crippen molar-refractivity contribution in [3.63, 3.8) is 0 Å². The molecule has 3 nitrogen and oxygen atoms in total. The van der Waals surface area contributed by atoms with E-state index in [9.17, 15) is 4.79 Å². The molecule has 0 aliphatic rings. The van der Waals surface area contributed by atoms with E-state index < -0.39 is 0 Å². The van der Waals surface area contributed by atoms with Gasteiger partial charge in [0.25, 0.3) is 5.91 Å². The number of halogens is 2. The quantitative estimate of drug-likeness (QED) is 0.795. The lowest BCUT2D eigenvalue weighted by Gasteiger charge is -2.20. The van der Waals surface area contributed by atoms with Gasteiger partial charge in [-0.05, 0) is 31.0 Å². The number of amides is 1. The van der Waals surface area contributed by atoms with E-state index in [0.717, 1.165) is 9.80 Å². The maximum absolute atomic E-state index is 12.1. The van der Waals surface area contributed by atoms with Crippen LogP contribution in [0.4, 0.5) is 0 Å². The van der Waals surface area contributed by atoms with Crippen LogP contribution in [0.15, 0.2) is 22.7 Å². The lowest BCUT2D eigenvalue weighted by Crippen LogP contribution is -2.37. The normalized spacial score (nSPS) is 13.8. The summed E-state index contributed by atoms with van der Waals surface area (Å²) in [4.78, 5) is 12.1. The van der Waals surface area contributed by atoms with Crippen LogP contribution in [0, 0.1) is 5.92 Å². The number of alkyl halides is 1. The van der Waals surface area contributed by atoms with Crippen LogP contribution >= 0.6 is 31.9 Å². The first-order valence-corrected chi connectivity index (χ1v) is 7.61. The molecule has 0 fully saturated rings. The van der Waals surface area contributed by atoms with Crippen molar-refractivity contribution in [3.8, 4) is 5.75 Å². The molecule has 18 heavy (non-hydrogen) atoms. The Labute approximate surface area is 125 Å². The molecule has 0 radical (unpaired) electrons. The zero-order valence-electron chi connectivity index (χ0n) is 10.7. The minimum Gasteiger partial charge on any atom is -0.496 e. The SMILES string of the molecule is COc1cc(Br)ccc1C(=O)NC(C)C(C)CBr. The fourth-order valence-electron chi connectivity index (χ4n) is 1.41. The zero-order chi connectivity index (χ0) is 13.7. The molecule has 1 aromatic rings. The summed E-state index contributed by atoms with van der Waals surface area (Å²) < 4.78 is 6.10. The lowest BCUT2D eigenvalue weighted by molar-refractivity contribution is 0.0928. The smallest absolute Gasteiger partial charge is 0.255 e. The van der Waals surface area contributed by atoms with Gasteiger partial charge < -0.3 is 10.1 Å². The number of hydrogen-bond donors (Lipinski definition) is 1. The summed E-state index contributed by atoms with van der Waals surface area (Å²) in [5, 5.41) is 3.83. The van der Waals surface area contributed by atoms with E-state index in [2.05, 4.69) is 44.1 Å². The van der Waals surface area contributed by atoms with Crippen LogP contribution in [-0.2, 0) is 0 Å². The van der Waals surface area contributed by atoms with Crippen molar-refractivity contribution in [2.45, 2.75) is 19.9 Å². The molecule has 1 aromatic carbocycles. The second-order valence-electron chi connectivity index (χ2n) is 4.24. The number of benzene rings is 1. The van der Waals surface area contributed by atoms with Gasteiger partial charge in [-0.25, -0.2) is 0 Å². The molecule has 0 aliphatic heterocycles. The van der Waals surface area contributed by atoms with Crippen LogP contribution in [0.2, 0.25) is 0 Å². The van der Waals surface area contributed by atoms with Crippen molar-refractivity contribution in [2.75, 3.05) is 12.4 Å². The number of ether oxygens (including phenoxy) is 1. The Balaban J connectivity index is 2.84. The Hall–Kier alpha value is -0.550. The molecule has 0 aromatic heterocycles. The van der Waals surface area contributed by atoms with Crippen molar-refractivity contribution in [1.82, 2.24) is 5.32 Å². The van der Waals surface area contributed by atoms with Gasteiger partial charge in [0.1, 0.15) is 5.75 Å². The minimum atomic E-state index is -0.111. The maximum Gasteiger partial charge on any atom is 0.255 e. The Morgan fingerprint density at radius 2 is 2.11 bits per heavy atom. The van der Waals surface area contributed by atoms with Gasteiger partial charge in [-0.3, -0.25) is 4.79 Å². The Kier molecular flexibility index (Phi) is 6.15. The average Bonchev–Trinajstić information content (AvgIpc) is 2.37. The third kappa shape index (κ3) is 3.99. The molecule has 5 heteroatoms. The Morgan fingerprint density at radius 1 is 1.44 bits per heavy atom. The number of rotatable bonds is 5. The van der Waals surface area contributed by atoms with Crippen molar-refractivity contribution < 1.29 is 9.53 Å². The molecular weight excluding hydrogens is 362 g/mol. The molecular formula is C13H17Br2NO2. The standard InChI is InChI=1S/C13H17Br2NO2/c1-8(7-14)9(2)16-13(17)11-5-4-10(15)6-12(11)18-3/h4-6,8-9H,7H2,1-3H3,(H,16,17). The second kappa shape index (κ2) is 7.14. The highest BCUT2D eigenvalue weighted by molar-refractivity contribution is 9.10. The van der Waals surface area contributed by atoms with Crippen LogP contribution in [0.25, 0.3) is 0 Å². The molecule has 0 saturated carbocycles. The van der Waals surface area contributed by atoms with Gasteiger partial charge in [0.15, 0.2) is 0 Å². The van der Waals surface area contributed by atoms with Gasteiger partial charge in [0, 0.05) is 15.8 Å². The summed E-state index contributed by atoms with van der Waals surface area (Å²) in [6.45, 7) is 4.08. The largest absolute Gasteiger partial charge is 0.496 e. The Bertz CT molecular complexity index is 423. The fraction of sp³-hybridized carbons (Fsp3) is 0.462. The summed E-state index contributed by atoms with van der Waals surface area (Å²) in [6.07, 6.45) is 0. The average molecular weight is 379 g/mol. The molecule has 1 rings (SSSR count). The Morgan fingerprint density at radius 3 is 2.67 bits per heavy atom. The molecule has 100 valence electrons. The van der Waals surface area contributed by atoms with E-state index in [4.69, 9.17) is 4.74 Å². The number of nitrogens with one attached hydrogen (secondary N) is 1. The van der Waals surface area contributed by atoms with E-state index in [0.29, 0.717) is 17.2 Å².